The van der Waals surface area contributed by atoms with Crippen molar-refractivity contribution in [1.82, 2.24) is 10.2 Å². The molecule has 11 heteroatoms. The first kappa shape index (κ1) is 37.4. The number of amides is 3. The van der Waals surface area contributed by atoms with Gasteiger partial charge in [-0.15, -0.1) is 0 Å². The van der Waals surface area contributed by atoms with E-state index in [4.69, 9.17) is 15.2 Å². The largest absolute Gasteiger partial charge is 0.466 e. The highest BCUT2D eigenvalue weighted by Gasteiger charge is 2.45. The molecular formula is C39H44N4O7. The van der Waals surface area contributed by atoms with Crippen LogP contribution in [0.3, 0.4) is 0 Å². The van der Waals surface area contributed by atoms with Crippen molar-refractivity contribution in [3.63, 3.8) is 0 Å². The minimum atomic E-state index is -1.09. The number of rotatable bonds is 10. The number of nitrogens with two attached hydrogens (primary N) is 1. The lowest BCUT2D eigenvalue weighted by Gasteiger charge is -2.37. The molecule has 1 aliphatic rings. The Labute approximate surface area is 293 Å². The van der Waals surface area contributed by atoms with Crippen molar-refractivity contribution in [3.8, 4) is 11.8 Å². The Morgan fingerprint density at radius 1 is 0.960 bits per heavy atom. The Balaban J connectivity index is 1.78. The number of carbonyl (C=O) groups excluding carboxylic acids is 5. The predicted molar refractivity (Wildman–Crippen MR) is 189 cm³/mol. The second-order valence-electron chi connectivity index (χ2n) is 13.1. The normalized spacial score (nSPS) is 15.6. The molecule has 3 N–H and O–H groups in total. The van der Waals surface area contributed by atoms with Gasteiger partial charge < -0.3 is 30.3 Å². The Bertz CT molecular complexity index is 1770. The molecule has 4 rings (SSSR count). The van der Waals surface area contributed by atoms with Crippen molar-refractivity contribution < 1.29 is 33.4 Å². The van der Waals surface area contributed by atoms with Crippen LogP contribution in [0.1, 0.15) is 87.1 Å². The Hall–Kier alpha value is -5.47. The number of benzene rings is 3. The molecule has 0 spiro atoms. The molecule has 3 aromatic carbocycles. The summed E-state index contributed by atoms with van der Waals surface area (Å²) in [6, 6.07) is 19.5. The van der Waals surface area contributed by atoms with Gasteiger partial charge in [0, 0.05) is 24.1 Å². The number of carbonyl (C=O) groups is 5. The highest BCUT2D eigenvalue weighted by Crippen LogP contribution is 2.42. The molecule has 0 aromatic heterocycles. The molecular weight excluding hydrogens is 636 g/mol. The summed E-state index contributed by atoms with van der Waals surface area (Å²) in [7, 11) is 0. The van der Waals surface area contributed by atoms with Gasteiger partial charge in [0.15, 0.2) is 0 Å². The van der Waals surface area contributed by atoms with E-state index in [0.717, 1.165) is 0 Å². The molecule has 0 saturated carbocycles. The number of ether oxygens (including phenoxy) is 2. The maximum absolute atomic E-state index is 14.9. The quantitative estimate of drug-likeness (QED) is 0.236. The average Bonchev–Trinajstić information content (AvgIpc) is 3.16. The molecule has 0 saturated heterocycles. The fraction of sp³-hybridized carbons (Fsp3) is 0.359. The standard InChI is InChI=1S/C39H44N4O7/c1-7-49-34(45)23-32(27-14-10-8-11-15-27)43-35(28-16-12-9-13-17-28)37(47)42(25(2)3)31-20-18-26(22-29(31)36(43)46)19-21-33(44)41-24-30(40)38(48)50-39(4,5)6/h8-18,20,22,25,30,32,35H,7,23-24,40H2,1-6H3,(H,41,44). The van der Waals surface area contributed by atoms with Gasteiger partial charge in [-0.3, -0.25) is 24.0 Å². The van der Waals surface area contributed by atoms with Gasteiger partial charge in [-0.25, -0.2) is 0 Å². The van der Waals surface area contributed by atoms with Crippen LogP contribution in [0.15, 0.2) is 78.9 Å². The second-order valence-corrected chi connectivity index (χ2v) is 13.1. The summed E-state index contributed by atoms with van der Waals surface area (Å²) in [4.78, 5) is 70.5. The van der Waals surface area contributed by atoms with Gasteiger partial charge in [-0.2, -0.15) is 0 Å². The van der Waals surface area contributed by atoms with E-state index in [1.807, 2.05) is 50.2 Å². The van der Waals surface area contributed by atoms with Gasteiger partial charge in [0.2, 0.25) is 0 Å². The van der Waals surface area contributed by atoms with E-state index >= 15 is 0 Å². The maximum Gasteiger partial charge on any atom is 0.325 e. The van der Waals surface area contributed by atoms with Gasteiger partial charge in [-0.05, 0) is 70.9 Å². The number of esters is 2. The molecule has 1 heterocycles. The van der Waals surface area contributed by atoms with Crippen molar-refractivity contribution in [3.05, 3.63) is 101 Å². The molecule has 3 atom stereocenters. The van der Waals surface area contributed by atoms with Crippen molar-refractivity contribution >= 4 is 35.3 Å². The summed E-state index contributed by atoms with van der Waals surface area (Å²) in [5.74, 6) is 2.56. The lowest BCUT2D eigenvalue weighted by molar-refractivity contribution is -0.156. The van der Waals surface area contributed by atoms with Crippen LogP contribution in [0.4, 0.5) is 5.69 Å². The summed E-state index contributed by atoms with van der Waals surface area (Å²) < 4.78 is 10.6. The third kappa shape index (κ3) is 9.15. The zero-order chi connectivity index (χ0) is 36.6. The first-order chi connectivity index (χ1) is 23.7. The first-order valence-electron chi connectivity index (χ1n) is 16.5. The third-order valence-corrected chi connectivity index (χ3v) is 7.80. The van der Waals surface area contributed by atoms with Crippen LogP contribution in [-0.2, 0) is 28.7 Å². The Kier molecular flexibility index (Phi) is 12.2. The number of hydrogen-bond donors (Lipinski definition) is 2. The highest BCUT2D eigenvalue weighted by molar-refractivity contribution is 6.12. The molecule has 3 aromatic rings. The zero-order valence-electron chi connectivity index (χ0n) is 29.3. The van der Waals surface area contributed by atoms with E-state index < -0.39 is 47.5 Å². The third-order valence-electron chi connectivity index (χ3n) is 7.80. The highest BCUT2D eigenvalue weighted by atomic mass is 16.6. The minimum absolute atomic E-state index is 0.155. The van der Waals surface area contributed by atoms with E-state index in [-0.39, 0.29) is 37.1 Å². The molecule has 262 valence electrons. The summed E-state index contributed by atoms with van der Waals surface area (Å²) in [6.07, 6.45) is -0.192. The van der Waals surface area contributed by atoms with Crippen LogP contribution in [0.2, 0.25) is 0 Å². The van der Waals surface area contributed by atoms with Crippen LogP contribution in [0.25, 0.3) is 0 Å². The van der Waals surface area contributed by atoms with E-state index in [1.165, 1.54) is 4.90 Å². The lowest BCUT2D eigenvalue weighted by Crippen LogP contribution is -2.46. The molecule has 3 unspecified atom stereocenters. The van der Waals surface area contributed by atoms with Crippen LogP contribution in [0, 0.1) is 11.8 Å². The smallest absolute Gasteiger partial charge is 0.325 e. The fourth-order valence-corrected chi connectivity index (χ4v) is 5.68. The van der Waals surface area contributed by atoms with Crippen LogP contribution in [-0.4, -0.2) is 65.4 Å². The molecule has 0 aliphatic carbocycles. The predicted octanol–water partition coefficient (Wildman–Crippen LogP) is 4.46. The van der Waals surface area contributed by atoms with Crippen molar-refractivity contribution in [1.29, 1.82) is 0 Å². The molecule has 3 amide bonds. The van der Waals surface area contributed by atoms with Crippen LogP contribution >= 0.6 is 0 Å². The molecule has 50 heavy (non-hydrogen) atoms. The van der Waals surface area contributed by atoms with Gasteiger partial charge >= 0.3 is 11.9 Å². The first-order valence-corrected chi connectivity index (χ1v) is 16.5. The molecule has 0 bridgehead atoms. The monoisotopic (exact) mass is 680 g/mol. The van der Waals surface area contributed by atoms with E-state index in [1.54, 1.807) is 75.1 Å². The minimum Gasteiger partial charge on any atom is -0.466 e. The van der Waals surface area contributed by atoms with E-state index in [0.29, 0.717) is 22.4 Å². The van der Waals surface area contributed by atoms with Crippen molar-refractivity contribution in [2.24, 2.45) is 5.73 Å². The van der Waals surface area contributed by atoms with E-state index in [9.17, 15) is 24.0 Å². The average molecular weight is 681 g/mol. The number of anilines is 1. The van der Waals surface area contributed by atoms with Gasteiger partial charge in [0.1, 0.15) is 17.7 Å². The fourth-order valence-electron chi connectivity index (χ4n) is 5.68. The Morgan fingerprint density at radius 3 is 2.20 bits per heavy atom. The molecule has 0 radical (unpaired) electrons. The van der Waals surface area contributed by atoms with Gasteiger partial charge in [0.05, 0.1) is 30.3 Å². The summed E-state index contributed by atoms with van der Waals surface area (Å²) in [6.45, 7) is 10.5. The van der Waals surface area contributed by atoms with Crippen LogP contribution in [0.5, 0.6) is 0 Å². The molecule has 0 fully saturated rings. The lowest BCUT2D eigenvalue weighted by atomic mass is 9.95. The number of nitrogens with one attached hydrogen (secondary N) is 1. The van der Waals surface area contributed by atoms with Crippen molar-refractivity contribution in [2.75, 3.05) is 18.1 Å². The number of nitrogens with zero attached hydrogens (tertiary/aromatic N) is 2. The summed E-state index contributed by atoms with van der Waals surface area (Å²) in [5, 5.41) is 2.51. The van der Waals surface area contributed by atoms with Gasteiger partial charge in [0.25, 0.3) is 17.7 Å². The van der Waals surface area contributed by atoms with Gasteiger partial charge in [-0.1, -0.05) is 66.6 Å². The molecule has 11 nitrogen and oxygen atoms in total. The zero-order valence-corrected chi connectivity index (χ0v) is 29.3. The maximum atomic E-state index is 14.9. The summed E-state index contributed by atoms with van der Waals surface area (Å²) in [5.41, 5.74) is 7.26. The second kappa shape index (κ2) is 16.3. The SMILES string of the molecule is CCOC(=O)CC(c1ccccc1)N1C(=O)c2cc(C#CC(=O)NCC(N)C(=O)OC(C)(C)C)ccc2N(C(C)C)C(=O)C1c1ccccc1. The van der Waals surface area contributed by atoms with Crippen LogP contribution < -0.4 is 16.0 Å². The van der Waals surface area contributed by atoms with E-state index in [2.05, 4.69) is 17.2 Å². The topological polar surface area (TPSA) is 148 Å². The number of hydrogen-bond acceptors (Lipinski definition) is 8. The number of fused-ring (bicyclic) bond motifs is 1. The molecule has 1 aliphatic heterocycles. The van der Waals surface area contributed by atoms with Crippen molar-refractivity contribution in [2.45, 2.75) is 77.7 Å². The Morgan fingerprint density at radius 2 is 1.60 bits per heavy atom. The summed E-state index contributed by atoms with van der Waals surface area (Å²) >= 11 is 0.